The third kappa shape index (κ3) is 176. The summed E-state index contributed by atoms with van der Waals surface area (Å²) < 4.78 is 0. The highest BCUT2D eigenvalue weighted by atomic mass is 27.0. The molecule has 0 saturated heterocycles. The molecule has 0 atom stereocenters. The first-order chi connectivity index (χ1) is 3.46. The molecule has 5 N–H and O–H groups in total. The third-order valence-electron chi connectivity index (χ3n) is 0. The van der Waals surface area contributed by atoms with Gasteiger partial charge in [0.25, 0.3) is 5.09 Å². The summed E-state index contributed by atoms with van der Waals surface area (Å²) in [5.41, 5.74) is 8.50. The molecule has 2 amide bonds. The molecule has 0 aromatic heterocycles. The van der Waals surface area contributed by atoms with Crippen molar-refractivity contribution in [3.8, 4) is 0 Å². The van der Waals surface area contributed by atoms with E-state index in [-0.39, 0.29) is 17.4 Å². The minimum absolute atomic E-state index is 0. The Labute approximate surface area is 60.9 Å². The first-order valence-electron chi connectivity index (χ1n) is 1.35. The van der Waals surface area contributed by atoms with Crippen LogP contribution in [0, 0.1) is 10.1 Å². The highest BCUT2D eigenvalue weighted by Gasteiger charge is 1.65. The zero-order chi connectivity index (χ0) is 7.15. The molecular weight excluding hydrogens is 145 g/mol. The van der Waals surface area contributed by atoms with Crippen LogP contribution >= 0.6 is 0 Å². The molecule has 54 valence electrons. The van der Waals surface area contributed by atoms with E-state index in [1.807, 2.05) is 0 Å². The lowest BCUT2D eigenvalue weighted by Crippen LogP contribution is -2.18. The Morgan fingerprint density at radius 3 is 1.56 bits per heavy atom. The Morgan fingerprint density at radius 1 is 1.56 bits per heavy atom. The minimum atomic E-state index is -1.50. The van der Waals surface area contributed by atoms with E-state index in [9.17, 15) is 0 Å². The van der Waals surface area contributed by atoms with Crippen LogP contribution in [0.4, 0.5) is 4.79 Å². The van der Waals surface area contributed by atoms with Gasteiger partial charge in [-0.05, 0) is 0 Å². The molecule has 7 nitrogen and oxygen atoms in total. The smallest absolute Gasteiger partial charge is 0.309 e. The fraction of sp³-hybridized carbons (Fsp3) is 0. The van der Waals surface area contributed by atoms with Gasteiger partial charge in [-0.15, -0.1) is 10.1 Å². The Hall–Kier alpha value is -0.998. The topological polar surface area (TPSA) is 132 Å². The molecule has 8 heteroatoms. The summed E-state index contributed by atoms with van der Waals surface area (Å²) in [7, 11) is 0. The van der Waals surface area contributed by atoms with Crippen LogP contribution in [0.3, 0.4) is 0 Å². The summed E-state index contributed by atoms with van der Waals surface area (Å²) in [6.07, 6.45) is 0. The summed E-state index contributed by atoms with van der Waals surface area (Å²) >= 11 is 0. The molecule has 0 radical (unpaired) electrons. The number of urea groups is 1. The minimum Gasteiger partial charge on any atom is -0.352 e. The Bertz CT molecular complexity index is 73.8. The van der Waals surface area contributed by atoms with Gasteiger partial charge < -0.3 is 16.7 Å². The number of hydrogen-bond donors (Lipinski definition) is 3. The summed E-state index contributed by atoms with van der Waals surface area (Å²) in [6, 6.07) is -0.833. The molecule has 0 aromatic rings. The second kappa shape index (κ2) is 10.1. The van der Waals surface area contributed by atoms with Crippen molar-refractivity contribution in [3.05, 3.63) is 10.1 Å². The molecule has 0 spiro atoms. The second-order valence-corrected chi connectivity index (χ2v) is 0.640. The zero-order valence-corrected chi connectivity index (χ0v) is 3.77. The largest absolute Gasteiger partial charge is 0.352 e. The van der Waals surface area contributed by atoms with Gasteiger partial charge in [0.2, 0.25) is 0 Å². The van der Waals surface area contributed by atoms with Crippen LogP contribution in [-0.2, 0) is 0 Å². The second-order valence-electron chi connectivity index (χ2n) is 0.640. The van der Waals surface area contributed by atoms with Crippen LogP contribution in [0.2, 0.25) is 0 Å². The van der Waals surface area contributed by atoms with E-state index < -0.39 is 11.1 Å². The number of carbonyl (C=O) groups excluding carboxylic acids is 1. The van der Waals surface area contributed by atoms with Gasteiger partial charge in [-0.2, -0.15) is 0 Å². The van der Waals surface area contributed by atoms with Gasteiger partial charge in [0.05, 0.1) is 0 Å². The highest BCUT2D eigenvalue weighted by Crippen LogP contribution is 1.38. The number of amides is 2. The normalized spacial score (nSPS) is 5.33. The van der Waals surface area contributed by atoms with Crippen LogP contribution in [0.1, 0.15) is 0 Å². The predicted octanol–water partition coefficient (Wildman–Crippen LogP) is -2.51. The first kappa shape index (κ1) is 15.7. The predicted molar refractivity (Wildman–Crippen MR) is 32.5 cm³/mol. The van der Waals surface area contributed by atoms with Gasteiger partial charge >= 0.3 is 6.03 Å². The fourth-order valence-electron chi connectivity index (χ4n) is 0. The van der Waals surface area contributed by atoms with Crippen LogP contribution in [-0.4, -0.2) is 33.7 Å². The van der Waals surface area contributed by atoms with Crippen LogP contribution in [0.5, 0.6) is 0 Å². The SMILES string of the molecule is NC(N)=O.O=[N+]([O-])O.[AlH3]. The van der Waals surface area contributed by atoms with Crippen molar-refractivity contribution in [2.45, 2.75) is 0 Å². The van der Waals surface area contributed by atoms with Gasteiger partial charge in [0.1, 0.15) is 0 Å². The van der Waals surface area contributed by atoms with E-state index in [1.54, 1.807) is 0 Å². The zero-order valence-electron chi connectivity index (χ0n) is 3.77. The summed E-state index contributed by atoms with van der Waals surface area (Å²) in [4.78, 5) is 17.4. The van der Waals surface area contributed by atoms with Crippen molar-refractivity contribution in [2.75, 3.05) is 0 Å². The van der Waals surface area contributed by atoms with Crippen LogP contribution in [0.15, 0.2) is 0 Å². The van der Waals surface area contributed by atoms with Gasteiger partial charge in [-0.3, -0.25) is 0 Å². The molecule has 0 bridgehead atoms. The summed E-state index contributed by atoms with van der Waals surface area (Å²) in [6.45, 7) is 0. The number of rotatable bonds is 0. The quantitative estimate of drug-likeness (QED) is 0.201. The molecule has 0 aliphatic rings. The molecule has 9 heavy (non-hydrogen) atoms. The molecule has 0 heterocycles. The van der Waals surface area contributed by atoms with Crippen molar-refractivity contribution in [1.29, 1.82) is 0 Å². The molecule has 0 saturated carbocycles. The summed E-state index contributed by atoms with van der Waals surface area (Å²) in [5, 5.41) is 13.6. The summed E-state index contributed by atoms with van der Waals surface area (Å²) in [5.74, 6) is 0. The molecule has 0 aliphatic carbocycles. The number of nitrogens with zero attached hydrogens (tertiary/aromatic N) is 1. The maximum absolute atomic E-state index is 9.00. The highest BCUT2D eigenvalue weighted by molar-refractivity contribution is 5.75. The number of hydrogen-bond acceptors (Lipinski definition) is 3. The van der Waals surface area contributed by atoms with Gasteiger partial charge in [-0.25, -0.2) is 4.79 Å². The Kier molecular flexibility index (Phi) is 17.6. The van der Waals surface area contributed by atoms with Crippen molar-refractivity contribution in [2.24, 2.45) is 11.5 Å². The standard InChI is InChI=1S/CH4N2O.Al.HNO3.3H/c2-1(3)4;;2-1(3)4;;;/h(H4,2,3,4);;(H,2,3,4);;;. The van der Waals surface area contributed by atoms with E-state index in [1.165, 1.54) is 0 Å². The maximum atomic E-state index is 9.00. The average Bonchev–Trinajstić information content (AvgIpc) is 1.25. The van der Waals surface area contributed by atoms with Crippen molar-refractivity contribution < 1.29 is 15.1 Å². The monoisotopic (exact) mass is 153 g/mol. The number of nitrogens with two attached hydrogens (primary N) is 2. The maximum Gasteiger partial charge on any atom is 0.309 e. The van der Waals surface area contributed by atoms with E-state index in [4.69, 9.17) is 20.1 Å². The van der Waals surface area contributed by atoms with Crippen molar-refractivity contribution >= 4 is 23.4 Å². The van der Waals surface area contributed by atoms with Crippen LogP contribution < -0.4 is 11.5 Å². The molecule has 0 unspecified atom stereocenters. The Morgan fingerprint density at radius 2 is 1.56 bits per heavy atom. The van der Waals surface area contributed by atoms with E-state index >= 15 is 0 Å². The Balaban J connectivity index is -0.0000000720. The van der Waals surface area contributed by atoms with Crippen LogP contribution in [0.25, 0.3) is 0 Å². The molecule has 0 fully saturated rings. The average molecular weight is 153 g/mol. The van der Waals surface area contributed by atoms with E-state index in [2.05, 4.69) is 11.5 Å². The molecule has 0 aromatic carbocycles. The molecule has 0 aliphatic heterocycles. The van der Waals surface area contributed by atoms with E-state index in [0.717, 1.165) is 0 Å². The van der Waals surface area contributed by atoms with Crippen molar-refractivity contribution in [1.82, 2.24) is 0 Å². The number of carbonyl (C=O) groups is 1. The lowest BCUT2D eigenvalue weighted by atomic mass is 11.2. The number of primary amides is 2. The van der Waals surface area contributed by atoms with Gasteiger partial charge in [0.15, 0.2) is 17.4 Å². The van der Waals surface area contributed by atoms with Crippen molar-refractivity contribution in [3.63, 3.8) is 0 Å². The lowest BCUT2D eigenvalue weighted by molar-refractivity contribution is -0.742. The lowest BCUT2D eigenvalue weighted by Gasteiger charge is -1.62. The first-order valence-corrected chi connectivity index (χ1v) is 1.35. The fourth-order valence-corrected chi connectivity index (χ4v) is 0. The van der Waals surface area contributed by atoms with E-state index in [0.29, 0.717) is 0 Å². The third-order valence-corrected chi connectivity index (χ3v) is 0. The van der Waals surface area contributed by atoms with Gasteiger partial charge in [0, 0.05) is 0 Å². The van der Waals surface area contributed by atoms with Gasteiger partial charge in [-0.1, -0.05) is 0 Å². The molecular formula is CH8AlN3O4. The molecule has 0 rings (SSSR count).